The van der Waals surface area contributed by atoms with Gasteiger partial charge in [0.2, 0.25) is 0 Å². The van der Waals surface area contributed by atoms with E-state index in [2.05, 4.69) is 15.2 Å². The SMILES string of the molecule is Cc1cnc(N2CCNCC2)cc1[N+](=O)[O-]. The summed E-state index contributed by atoms with van der Waals surface area (Å²) >= 11 is 0. The molecule has 6 heteroatoms. The molecule has 6 nitrogen and oxygen atoms in total. The number of hydrogen-bond acceptors (Lipinski definition) is 5. The van der Waals surface area contributed by atoms with E-state index in [0.29, 0.717) is 11.4 Å². The summed E-state index contributed by atoms with van der Waals surface area (Å²) < 4.78 is 0. The standard InChI is InChI=1S/C10H14N4O2/c1-8-7-12-10(6-9(8)14(15)16)13-4-2-11-3-5-13/h6-7,11H,2-5H2,1H3. The van der Waals surface area contributed by atoms with Crippen LogP contribution in [0.1, 0.15) is 5.56 Å². The fourth-order valence-corrected chi connectivity index (χ4v) is 1.77. The summed E-state index contributed by atoms with van der Waals surface area (Å²) in [6.45, 7) is 5.17. The van der Waals surface area contributed by atoms with E-state index in [1.807, 2.05) is 0 Å². The maximum Gasteiger partial charge on any atom is 0.277 e. The van der Waals surface area contributed by atoms with Gasteiger partial charge in [-0.1, -0.05) is 0 Å². The minimum atomic E-state index is -0.358. The number of piperazine rings is 1. The van der Waals surface area contributed by atoms with Gasteiger partial charge in [0, 0.05) is 37.9 Å². The summed E-state index contributed by atoms with van der Waals surface area (Å²) in [6, 6.07) is 1.56. The Labute approximate surface area is 93.4 Å². The Hall–Kier alpha value is -1.69. The molecule has 2 heterocycles. The van der Waals surface area contributed by atoms with Gasteiger partial charge in [-0.15, -0.1) is 0 Å². The van der Waals surface area contributed by atoms with Gasteiger partial charge >= 0.3 is 0 Å². The number of anilines is 1. The molecule has 16 heavy (non-hydrogen) atoms. The number of aromatic nitrogens is 1. The summed E-state index contributed by atoms with van der Waals surface area (Å²) in [5.41, 5.74) is 0.743. The molecule has 1 N–H and O–H groups in total. The number of aryl methyl sites for hydroxylation is 1. The normalized spacial score (nSPS) is 16.2. The van der Waals surface area contributed by atoms with Crippen LogP contribution in [0, 0.1) is 17.0 Å². The molecule has 0 amide bonds. The Kier molecular flexibility index (Phi) is 3.00. The van der Waals surface area contributed by atoms with Crippen LogP contribution < -0.4 is 10.2 Å². The molecule has 0 atom stereocenters. The fourth-order valence-electron chi connectivity index (χ4n) is 1.77. The minimum absolute atomic E-state index is 0.142. The first-order valence-corrected chi connectivity index (χ1v) is 5.25. The highest BCUT2D eigenvalue weighted by molar-refractivity contribution is 5.50. The Bertz CT molecular complexity index is 402. The fraction of sp³-hybridized carbons (Fsp3) is 0.500. The molecular formula is C10H14N4O2. The van der Waals surface area contributed by atoms with Gasteiger partial charge in [0.15, 0.2) is 0 Å². The van der Waals surface area contributed by atoms with Crippen LogP contribution in [0.15, 0.2) is 12.3 Å². The van der Waals surface area contributed by atoms with E-state index in [1.165, 1.54) is 0 Å². The van der Waals surface area contributed by atoms with E-state index in [9.17, 15) is 10.1 Å². The lowest BCUT2D eigenvalue weighted by Gasteiger charge is -2.28. The lowest BCUT2D eigenvalue weighted by atomic mass is 10.2. The number of pyridine rings is 1. The van der Waals surface area contributed by atoms with E-state index < -0.39 is 0 Å². The highest BCUT2D eigenvalue weighted by Gasteiger charge is 2.17. The molecule has 0 aromatic carbocycles. The van der Waals surface area contributed by atoms with Gasteiger partial charge in [0.1, 0.15) is 5.82 Å². The first-order chi connectivity index (χ1) is 7.68. The first kappa shape index (κ1) is 10.8. The van der Waals surface area contributed by atoms with Crippen molar-refractivity contribution in [3.63, 3.8) is 0 Å². The second-order valence-corrected chi connectivity index (χ2v) is 3.82. The van der Waals surface area contributed by atoms with Crippen LogP contribution in [0.25, 0.3) is 0 Å². The zero-order chi connectivity index (χ0) is 11.5. The maximum absolute atomic E-state index is 10.8. The molecular weight excluding hydrogens is 208 g/mol. The van der Waals surface area contributed by atoms with Gasteiger partial charge in [-0.3, -0.25) is 10.1 Å². The summed E-state index contributed by atoms with van der Waals surface area (Å²) in [7, 11) is 0. The molecule has 0 radical (unpaired) electrons. The average Bonchev–Trinajstić information content (AvgIpc) is 2.30. The third-order valence-electron chi connectivity index (χ3n) is 2.70. The molecule has 0 unspecified atom stereocenters. The van der Waals surface area contributed by atoms with Gasteiger partial charge in [-0.25, -0.2) is 4.98 Å². The number of rotatable bonds is 2. The quantitative estimate of drug-likeness (QED) is 0.589. The second kappa shape index (κ2) is 4.44. The van der Waals surface area contributed by atoms with Crippen LogP contribution in [-0.4, -0.2) is 36.1 Å². The summed E-state index contributed by atoms with van der Waals surface area (Å²) in [6.07, 6.45) is 1.56. The van der Waals surface area contributed by atoms with E-state index in [0.717, 1.165) is 26.2 Å². The highest BCUT2D eigenvalue weighted by Crippen LogP contribution is 2.22. The van der Waals surface area contributed by atoms with E-state index >= 15 is 0 Å². The van der Waals surface area contributed by atoms with Crippen LogP contribution in [0.2, 0.25) is 0 Å². The van der Waals surface area contributed by atoms with Crippen molar-refractivity contribution >= 4 is 11.5 Å². The molecule has 1 aliphatic heterocycles. The number of nitrogens with zero attached hydrogens (tertiary/aromatic N) is 3. The maximum atomic E-state index is 10.8. The van der Waals surface area contributed by atoms with Crippen LogP contribution in [0.3, 0.4) is 0 Å². The van der Waals surface area contributed by atoms with Crippen molar-refractivity contribution < 1.29 is 4.92 Å². The van der Waals surface area contributed by atoms with Crippen molar-refractivity contribution in [3.05, 3.63) is 27.9 Å². The lowest BCUT2D eigenvalue weighted by Crippen LogP contribution is -2.43. The average molecular weight is 222 g/mol. The molecule has 0 bridgehead atoms. The molecule has 1 fully saturated rings. The molecule has 0 saturated carbocycles. The molecule has 0 aliphatic carbocycles. The van der Waals surface area contributed by atoms with Crippen LogP contribution >= 0.6 is 0 Å². The van der Waals surface area contributed by atoms with E-state index in [-0.39, 0.29) is 10.6 Å². The van der Waals surface area contributed by atoms with Crippen molar-refractivity contribution in [2.45, 2.75) is 6.92 Å². The second-order valence-electron chi connectivity index (χ2n) is 3.82. The molecule has 1 aromatic rings. The molecule has 1 aromatic heterocycles. The van der Waals surface area contributed by atoms with Gasteiger partial charge < -0.3 is 10.2 Å². The van der Waals surface area contributed by atoms with Gasteiger partial charge in [-0.2, -0.15) is 0 Å². The monoisotopic (exact) mass is 222 g/mol. The largest absolute Gasteiger partial charge is 0.354 e. The molecule has 1 aliphatic rings. The third-order valence-corrected chi connectivity index (χ3v) is 2.70. The van der Waals surface area contributed by atoms with E-state index in [1.54, 1.807) is 19.2 Å². The Balaban J connectivity index is 2.27. The van der Waals surface area contributed by atoms with Crippen molar-refractivity contribution in [1.29, 1.82) is 0 Å². The molecule has 1 saturated heterocycles. The third kappa shape index (κ3) is 2.11. The lowest BCUT2D eigenvalue weighted by molar-refractivity contribution is -0.385. The summed E-state index contributed by atoms with van der Waals surface area (Å²) in [5.74, 6) is 0.693. The molecule has 0 spiro atoms. The molecule has 2 rings (SSSR count). The van der Waals surface area contributed by atoms with Crippen molar-refractivity contribution in [2.24, 2.45) is 0 Å². The Morgan fingerprint density at radius 1 is 1.50 bits per heavy atom. The van der Waals surface area contributed by atoms with Crippen LogP contribution in [0.5, 0.6) is 0 Å². The number of hydrogen-bond donors (Lipinski definition) is 1. The predicted octanol–water partition coefficient (Wildman–Crippen LogP) is 0.708. The number of nitrogens with one attached hydrogen (secondary N) is 1. The van der Waals surface area contributed by atoms with Gasteiger partial charge in [0.05, 0.1) is 11.0 Å². The molecule has 86 valence electrons. The first-order valence-electron chi connectivity index (χ1n) is 5.25. The zero-order valence-corrected chi connectivity index (χ0v) is 9.14. The van der Waals surface area contributed by atoms with Gasteiger partial charge in [-0.05, 0) is 6.92 Å². The Morgan fingerprint density at radius 2 is 2.19 bits per heavy atom. The van der Waals surface area contributed by atoms with Crippen LogP contribution in [-0.2, 0) is 0 Å². The highest BCUT2D eigenvalue weighted by atomic mass is 16.6. The zero-order valence-electron chi connectivity index (χ0n) is 9.14. The Morgan fingerprint density at radius 3 is 2.81 bits per heavy atom. The van der Waals surface area contributed by atoms with Crippen LogP contribution in [0.4, 0.5) is 11.5 Å². The smallest absolute Gasteiger partial charge is 0.277 e. The van der Waals surface area contributed by atoms with E-state index in [4.69, 9.17) is 0 Å². The predicted molar refractivity (Wildman–Crippen MR) is 60.7 cm³/mol. The summed E-state index contributed by atoms with van der Waals surface area (Å²) in [4.78, 5) is 16.7. The van der Waals surface area contributed by atoms with Crippen molar-refractivity contribution in [1.82, 2.24) is 10.3 Å². The van der Waals surface area contributed by atoms with Crippen molar-refractivity contribution in [2.75, 3.05) is 31.1 Å². The number of nitro groups is 1. The minimum Gasteiger partial charge on any atom is -0.354 e. The summed E-state index contributed by atoms with van der Waals surface area (Å²) in [5, 5.41) is 14.0. The van der Waals surface area contributed by atoms with Gasteiger partial charge in [0.25, 0.3) is 5.69 Å². The van der Waals surface area contributed by atoms with Crippen molar-refractivity contribution in [3.8, 4) is 0 Å². The topological polar surface area (TPSA) is 71.3 Å².